The minimum absolute atomic E-state index is 0.0404. The Morgan fingerprint density at radius 2 is 2.09 bits per heavy atom. The molecule has 0 radical (unpaired) electrons. The standard InChI is InChI=1S/C14H12N4O4S/c1-23-14-16-12-11(13(20)17-14)8(6-10(19)15-12)7-4-2-3-5-9(7)18(21)22/h2-5,8H,6H2,1H3,(H2,15,16,17,19,20). The topological polar surface area (TPSA) is 118 Å². The summed E-state index contributed by atoms with van der Waals surface area (Å²) in [6.45, 7) is 0. The molecule has 0 bridgehead atoms. The lowest BCUT2D eigenvalue weighted by molar-refractivity contribution is -0.385. The van der Waals surface area contributed by atoms with Gasteiger partial charge < -0.3 is 10.3 Å². The first kappa shape index (κ1) is 15.2. The molecule has 1 atom stereocenters. The fourth-order valence-electron chi connectivity index (χ4n) is 2.66. The van der Waals surface area contributed by atoms with Crippen molar-refractivity contribution >= 4 is 29.2 Å². The van der Waals surface area contributed by atoms with Gasteiger partial charge >= 0.3 is 0 Å². The highest BCUT2D eigenvalue weighted by molar-refractivity contribution is 7.98. The zero-order chi connectivity index (χ0) is 16.6. The summed E-state index contributed by atoms with van der Waals surface area (Å²) in [5, 5.41) is 14.2. The number of para-hydroxylation sites is 1. The molecule has 3 rings (SSSR count). The molecule has 23 heavy (non-hydrogen) atoms. The van der Waals surface area contributed by atoms with Gasteiger partial charge in [0.05, 0.1) is 10.5 Å². The highest BCUT2D eigenvalue weighted by Gasteiger charge is 2.34. The summed E-state index contributed by atoms with van der Waals surface area (Å²) in [5.74, 6) is -0.865. The molecule has 0 spiro atoms. The van der Waals surface area contributed by atoms with Gasteiger partial charge in [-0.15, -0.1) is 0 Å². The van der Waals surface area contributed by atoms with Crippen LogP contribution in [0.15, 0.2) is 34.2 Å². The van der Waals surface area contributed by atoms with Gasteiger partial charge in [-0.2, -0.15) is 0 Å². The van der Waals surface area contributed by atoms with Crippen LogP contribution in [0.1, 0.15) is 23.5 Å². The zero-order valence-electron chi connectivity index (χ0n) is 12.0. The molecule has 1 aliphatic rings. The molecule has 9 heteroatoms. The van der Waals surface area contributed by atoms with Gasteiger partial charge in [0.2, 0.25) is 5.91 Å². The number of rotatable bonds is 3. The van der Waals surface area contributed by atoms with Crippen LogP contribution >= 0.6 is 11.8 Å². The van der Waals surface area contributed by atoms with Crippen molar-refractivity contribution in [2.75, 3.05) is 11.6 Å². The van der Waals surface area contributed by atoms with Gasteiger partial charge in [-0.1, -0.05) is 30.0 Å². The predicted octanol–water partition coefficient (Wildman–Crippen LogP) is 1.87. The number of aromatic amines is 1. The fraction of sp³-hybridized carbons (Fsp3) is 0.214. The number of aromatic nitrogens is 2. The molecule has 1 aromatic heterocycles. The lowest BCUT2D eigenvalue weighted by Crippen LogP contribution is -2.31. The molecular formula is C14H12N4O4S. The summed E-state index contributed by atoms with van der Waals surface area (Å²) in [4.78, 5) is 41.9. The minimum atomic E-state index is -0.701. The highest BCUT2D eigenvalue weighted by atomic mass is 32.2. The first-order valence-electron chi connectivity index (χ1n) is 6.72. The van der Waals surface area contributed by atoms with E-state index in [2.05, 4.69) is 15.3 Å². The Kier molecular flexibility index (Phi) is 3.87. The van der Waals surface area contributed by atoms with E-state index in [0.717, 1.165) is 0 Å². The van der Waals surface area contributed by atoms with Crippen LogP contribution in [-0.4, -0.2) is 27.1 Å². The number of H-pyrrole nitrogens is 1. The van der Waals surface area contributed by atoms with Crippen LogP contribution in [0.25, 0.3) is 0 Å². The monoisotopic (exact) mass is 332 g/mol. The van der Waals surface area contributed by atoms with Crippen molar-refractivity contribution in [2.24, 2.45) is 0 Å². The first-order valence-corrected chi connectivity index (χ1v) is 7.95. The van der Waals surface area contributed by atoms with Crippen molar-refractivity contribution in [2.45, 2.75) is 17.5 Å². The third-order valence-electron chi connectivity index (χ3n) is 3.63. The van der Waals surface area contributed by atoms with E-state index in [-0.39, 0.29) is 29.4 Å². The van der Waals surface area contributed by atoms with Crippen LogP contribution < -0.4 is 10.9 Å². The number of amides is 1. The van der Waals surface area contributed by atoms with Gasteiger partial charge in [-0.3, -0.25) is 19.7 Å². The average Bonchev–Trinajstić information content (AvgIpc) is 2.53. The lowest BCUT2D eigenvalue weighted by Gasteiger charge is -2.24. The van der Waals surface area contributed by atoms with Crippen molar-refractivity contribution in [3.63, 3.8) is 0 Å². The van der Waals surface area contributed by atoms with Gasteiger partial charge in [-0.25, -0.2) is 4.98 Å². The number of benzene rings is 1. The molecule has 0 aliphatic carbocycles. The summed E-state index contributed by atoms with van der Waals surface area (Å²) in [7, 11) is 0. The Labute approximate surface area is 134 Å². The molecule has 0 saturated heterocycles. The van der Waals surface area contributed by atoms with Gasteiger partial charge in [0.25, 0.3) is 11.2 Å². The molecule has 0 fully saturated rings. The second-order valence-corrected chi connectivity index (χ2v) is 5.75. The van der Waals surface area contributed by atoms with E-state index >= 15 is 0 Å². The Balaban J connectivity index is 2.23. The molecule has 118 valence electrons. The number of fused-ring (bicyclic) bond motifs is 1. The fourth-order valence-corrected chi connectivity index (χ4v) is 3.04. The highest BCUT2D eigenvalue weighted by Crippen LogP contribution is 2.38. The van der Waals surface area contributed by atoms with Gasteiger partial charge in [0.15, 0.2) is 5.16 Å². The molecular weight excluding hydrogens is 320 g/mol. The van der Waals surface area contributed by atoms with E-state index in [1.807, 2.05) is 0 Å². The maximum atomic E-state index is 12.4. The summed E-state index contributed by atoms with van der Waals surface area (Å²) >= 11 is 1.24. The number of carbonyl (C=O) groups excluding carboxylic acids is 1. The number of anilines is 1. The summed E-state index contributed by atoms with van der Waals surface area (Å²) in [5.41, 5.74) is 0.0588. The van der Waals surface area contributed by atoms with E-state index in [4.69, 9.17) is 0 Å². The zero-order valence-corrected chi connectivity index (χ0v) is 12.8. The number of nitro benzene ring substituents is 1. The van der Waals surface area contributed by atoms with Crippen molar-refractivity contribution in [3.05, 3.63) is 55.9 Å². The largest absolute Gasteiger partial charge is 0.310 e. The summed E-state index contributed by atoms with van der Waals surface area (Å²) in [6.07, 6.45) is 1.70. The third kappa shape index (κ3) is 2.70. The number of nitrogens with one attached hydrogen (secondary N) is 2. The number of carbonyl (C=O) groups is 1. The Morgan fingerprint density at radius 3 is 2.78 bits per heavy atom. The summed E-state index contributed by atoms with van der Waals surface area (Å²) in [6, 6.07) is 6.11. The Bertz CT molecular complexity index is 864. The van der Waals surface area contributed by atoms with Crippen molar-refractivity contribution < 1.29 is 9.72 Å². The second kappa shape index (κ2) is 5.84. The molecule has 2 heterocycles. The Hall–Kier alpha value is -2.68. The van der Waals surface area contributed by atoms with Gasteiger partial charge in [0, 0.05) is 24.0 Å². The van der Waals surface area contributed by atoms with E-state index < -0.39 is 16.4 Å². The molecule has 1 unspecified atom stereocenters. The van der Waals surface area contributed by atoms with Crippen LogP contribution in [0.3, 0.4) is 0 Å². The smallest absolute Gasteiger partial charge is 0.273 e. The SMILES string of the molecule is CSc1nc2c(c(=O)[nH]1)C(c1ccccc1[N+](=O)[O-])CC(=O)N2. The molecule has 0 saturated carbocycles. The molecule has 2 N–H and O–H groups in total. The van der Waals surface area contributed by atoms with Gasteiger partial charge in [0.1, 0.15) is 5.82 Å². The maximum Gasteiger partial charge on any atom is 0.273 e. The normalized spacial score (nSPS) is 16.6. The third-order valence-corrected chi connectivity index (χ3v) is 4.21. The van der Waals surface area contributed by atoms with Crippen LogP contribution in [-0.2, 0) is 4.79 Å². The molecule has 1 amide bonds. The first-order chi connectivity index (χ1) is 11.0. The number of nitrogens with zero attached hydrogens (tertiary/aromatic N) is 2. The van der Waals surface area contributed by atoms with E-state index in [1.54, 1.807) is 24.5 Å². The maximum absolute atomic E-state index is 12.4. The van der Waals surface area contributed by atoms with E-state index in [9.17, 15) is 19.7 Å². The number of hydrogen-bond acceptors (Lipinski definition) is 6. The van der Waals surface area contributed by atoms with Crippen molar-refractivity contribution in [3.8, 4) is 0 Å². The lowest BCUT2D eigenvalue weighted by atomic mass is 9.86. The minimum Gasteiger partial charge on any atom is -0.310 e. The van der Waals surface area contributed by atoms with Crippen LogP contribution in [0.4, 0.5) is 11.5 Å². The number of hydrogen-bond donors (Lipinski definition) is 2. The van der Waals surface area contributed by atoms with Crippen molar-refractivity contribution in [1.82, 2.24) is 9.97 Å². The molecule has 1 aromatic carbocycles. The van der Waals surface area contributed by atoms with Crippen molar-refractivity contribution in [1.29, 1.82) is 0 Å². The van der Waals surface area contributed by atoms with Crippen LogP contribution in [0, 0.1) is 10.1 Å². The number of nitro groups is 1. The van der Waals surface area contributed by atoms with Crippen LogP contribution in [0.2, 0.25) is 0 Å². The summed E-state index contributed by atoms with van der Waals surface area (Å²) < 4.78 is 0. The van der Waals surface area contributed by atoms with Gasteiger partial charge in [-0.05, 0) is 6.26 Å². The Morgan fingerprint density at radius 1 is 1.35 bits per heavy atom. The average molecular weight is 332 g/mol. The number of thioether (sulfide) groups is 1. The molecule has 8 nitrogen and oxygen atoms in total. The second-order valence-electron chi connectivity index (χ2n) is 4.96. The quantitative estimate of drug-likeness (QED) is 0.383. The molecule has 1 aliphatic heterocycles. The van der Waals surface area contributed by atoms with E-state index in [0.29, 0.717) is 10.7 Å². The predicted molar refractivity (Wildman–Crippen MR) is 84.8 cm³/mol. The molecule has 2 aromatic rings. The van der Waals surface area contributed by atoms with E-state index in [1.165, 1.54) is 17.8 Å². The van der Waals surface area contributed by atoms with Crippen LogP contribution in [0.5, 0.6) is 0 Å².